The van der Waals surface area contributed by atoms with Crippen LogP contribution in [0.2, 0.25) is 5.02 Å². The minimum Gasteiger partial charge on any atom is -0.489 e. The molecule has 0 saturated heterocycles. The minimum absolute atomic E-state index is 0.507. The van der Waals surface area contributed by atoms with Gasteiger partial charge in [-0.05, 0) is 18.2 Å². The molecule has 0 fully saturated rings. The van der Waals surface area contributed by atoms with Gasteiger partial charge in [0, 0.05) is 16.1 Å². The van der Waals surface area contributed by atoms with Crippen molar-refractivity contribution in [2.75, 3.05) is 6.61 Å². The standard InChI is InChI=1S/C17H18ClNO/c1-2-10-20-17-9-8-16(18)11-15(17)13-19-12-14-6-4-3-5-7-14/h2-9,11,19H,1,10,12-13H2/p+1. The normalized spacial score (nSPS) is 10.2. The molecule has 0 heterocycles. The van der Waals surface area contributed by atoms with Gasteiger partial charge in [0.25, 0.3) is 0 Å². The molecule has 0 saturated carbocycles. The van der Waals surface area contributed by atoms with Crippen molar-refractivity contribution in [1.29, 1.82) is 0 Å². The second-order valence-electron chi connectivity index (χ2n) is 4.53. The van der Waals surface area contributed by atoms with E-state index in [-0.39, 0.29) is 0 Å². The Hall–Kier alpha value is -1.77. The third-order valence-electron chi connectivity index (χ3n) is 2.97. The highest BCUT2D eigenvalue weighted by Crippen LogP contribution is 2.22. The quantitative estimate of drug-likeness (QED) is 0.778. The van der Waals surface area contributed by atoms with E-state index in [0.29, 0.717) is 6.61 Å². The van der Waals surface area contributed by atoms with Gasteiger partial charge in [0.1, 0.15) is 25.4 Å². The molecular formula is C17H19ClNO+. The third kappa shape index (κ3) is 4.41. The van der Waals surface area contributed by atoms with Crippen molar-refractivity contribution in [3.8, 4) is 5.75 Å². The number of hydrogen-bond acceptors (Lipinski definition) is 1. The van der Waals surface area contributed by atoms with Crippen molar-refractivity contribution in [3.63, 3.8) is 0 Å². The van der Waals surface area contributed by atoms with Gasteiger partial charge >= 0.3 is 0 Å². The number of hydrogen-bond donors (Lipinski definition) is 1. The van der Waals surface area contributed by atoms with E-state index in [9.17, 15) is 0 Å². The first kappa shape index (κ1) is 14.6. The summed E-state index contributed by atoms with van der Waals surface area (Å²) in [4.78, 5) is 0. The predicted octanol–water partition coefficient (Wildman–Crippen LogP) is 3.17. The van der Waals surface area contributed by atoms with E-state index in [1.54, 1.807) is 6.08 Å². The van der Waals surface area contributed by atoms with Crippen LogP contribution in [0, 0.1) is 0 Å². The SMILES string of the molecule is C=CCOc1ccc(Cl)cc1C[NH2+]Cc1ccccc1. The Balaban J connectivity index is 1.97. The Morgan fingerprint density at radius 2 is 1.90 bits per heavy atom. The zero-order valence-electron chi connectivity index (χ0n) is 11.4. The summed E-state index contributed by atoms with van der Waals surface area (Å²) in [5, 5.41) is 2.97. The van der Waals surface area contributed by atoms with Gasteiger partial charge < -0.3 is 10.1 Å². The van der Waals surface area contributed by atoms with E-state index in [0.717, 1.165) is 29.4 Å². The van der Waals surface area contributed by atoms with Crippen LogP contribution in [0.1, 0.15) is 11.1 Å². The lowest BCUT2D eigenvalue weighted by Crippen LogP contribution is -2.80. The molecule has 0 atom stereocenters. The fourth-order valence-electron chi connectivity index (χ4n) is 2.01. The molecule has 0 radical (unpaired) electrons. The molecule has 0 aliphatic rings. The zero-order valence-corrected chi connectivity index (χ0v) is 12.1. The third-order valence-corrected chi connectivity index (χ3v) is 3.20. The van der Waals surface area contributed by atoms with Gasteiger partial charge in [0.05, 0.1) is 0 Å². The van der Waals surface area contributed by atoms with Crippen LogP contribution in [-0.2, 0) is 13.1 Å². The molecule has 2 rings (SSSR count). The maximum absolute atomic E-state index is 6.06. The van der Waals surface area contributed by atoms with Crippen LogP contribution < -0.4 is 10.1 Å². The van der Waals surface area contributed by atoms with Gasteiger partial charge in [0.2, 0.25) is 0 Å². The van der Waals surface area contributed by atoms with E-state index in [1.807, 2.05) is 24.3 Å². The largest absolute Gasteiger partial charge is 0.489 e. The lowest BCUT2D eigenvalue weighted by molar-refractivity contribution is -0.686. The van der Waals surface area contributed by atoms with E-state index >= 15 is 0 Å². The average Bonchev–Trinajstić information content (AvgIpc) is 2.47. The van der Waals surface area contributed by atoms with Gasteiger partial charge in [-0.3, -0.25) is 0 Å². The molecule has 0 unspecified atom stereocenters. The highest BCUT2D eigenvalue weighted by atomic mass is 35.5. The molecule has 0 bridgehead atoms. The lowest BCUT2D eigenvalue weighted by Gasteiger charge is -2.10. The Morgan fingerprint density at radius 3 is 2.65 bits per heavy atom. The van der Waals surface area contributed by atoms with E-state index in [1.165, 1.54) is 5.56 Å². The van der Waals surface area contributed by atoms with E-state index in [2.05, 4.69) is 36.2 Å². The molecule has 3 heteroatoms. The first-order valence-electron chi connectivity index (χ1n) is 6.67. The Kier molecular flexibility index (Phi) is 5.66. The van der Waals surface area contributed by atoms with Crippen molar-refractivity contribution >= 4 is 11.6 Å². The summed E-state index contributed by atoms with van der Waals surface area (Å²) in [6, 6.07) is 16.1. The molecule has 0 aliphatic carbocycles. The van der Waals surface area contributed by atoms with Crippen LogP contribution in [0.25, 0.3) is 0 Å². The summed E-state index contributed by atoms with van der Waals surface area (Å²) in [5.74, 6) is 0.874. The molecule has 2 aromatic rings. The Bertz CT molecular complexity index is 554. The van der Waals surface area contributed by atoms with Crippen LogP contribution >= 0.6 is 11.6 Å². The average molecular weight is 289 g/mol. The molecular weight excluding hydrogens is 270 g/mol. The number of benzene rings is 2. The maximum atomic E-state index is 6.06. The second kappa shape index (κ2) is 7.73. The molecule has 104 valence electrons. The number of rotatable bonds is 7. The van der Waals surface area contributed by atoms with Gasteiger partial charge in [-0.15, -0.1) is 0 Å². The fourth-order valence-corrected chi connectivity index (χ4v) is 2.20. The van der Waals surface area contributed by atoms with Crippen LogP contribution in [0.3, 0.4) is 0 Å². The summed E-state index contributed by atoms with van der Waals surface area (Å²) in [6.45, 7) is 5.95. The summed E-state index contributed by atoms with van der Waals surface area (Å²) in [5.41, 5.74) is 2.42. The van der Waals surface area contributed by atoms with Crippen LogP contribution in [0.5, 0.6) is 5.75 Å². The summed E-state index contributed by atoms with van der Waals surface area (Å²) in [7, 11) is 0. The second-order valence-corrected chi connectivity index (χ2v) is 4.97. The summed E-state index contributed by atoms with van der Waals surface area (Å²) >= 11 is 6.06. The maximum Gasteiger partial charge on any atom is 0.128 e. The van der Waals surface area contributed by atoms with Crippen LogP contribution in [0.4, 0.5) is 0 Å². The first-order chi connectivity index (χ1) is 9.79. The van der Waals surface area contributed by atoms with Crippen LogP contribution in [-0.4, -0.2) is 6.61 Å². The molecule has 2 aromatic carbocycles. The Labute approximate surface area is 125 Å². The molecule has 2 N–H and O–H groups in total. The van der Waals surface area contributed by atoms with Crippen LogP contribution in [0.15, 0.2) is 61.2 Å². The van der Waals surface area contributed by atoms with Gasteiger partial charge in [-0.2, -0.15) is 0 Å². The van der Waals surface area contributed by atoms with Gasteiger partial charge in [-0.1, -0.05) is 54.6 Å². The molecule has 0 aromatic heterocycles. The van der Waals surface area contributed by atoms with Crippen molar-refractivity contribution < 1.29 is 10.1 Å². The smallest absolute Gasteiger partial charge is 0.128 e. The summed E-state index contributed by atoms with van der Waals surface area (Å²) < 4.78 is 5.65. The highest BCUT2D eigenvalue weighted by molar-refractivity contribution is 6.30. The van der Waals surface area contributed by atoms with Crippen molar-refractivity contribution in [3.05, 3.63) is 77.3 Å². The lowest BCUT2D eigenvalue weighted by atomic mass is 10.2. The minimum atomic E-state index is 0.507. The highest BCUT2D eigenvalue weighted by Gasteiger charge is 2.06. The van der Waals surface area contributed by atoms with Crippen molar-refractivity contribution in [2.45, 2.75) is 13.1 Å². The van der Waals surface area contributed by atoms with Crippen molar-refractivity contribution in [2.24, 2.45) is 0 Å². The van der Waals surface area contributed by atoms with E-state index in [4.69, 9.17) is 16.3 Å². The van der Waals surface area contributed by atoms with E-state index < -0.39 is 0 Å². The molecule has 20 heavy (non-hydrogen) atoms. The van der Waals surface area contributed by atoms with Gasteiger partial charge in [0.15, 0.2) is 0 Å². The molecule has 2 nitrogen and oxygen atoms in total. The molecule has 0 amide bonds. The Morgan fingerprint density at radius 1 is 1.10 bits per heavy atom. The fraction of sp³-hybridized carbons (Fsp3) is 0.176. The predicted molar refractivity (Wildman–Crippen MR) is 82.9 cm³/mol. The number of nitrogens with two attached hydrogens (primary N) is 1. The number of quaternary nitrogens is 1. The summed E-state index contributed by atoms with van der Waals surface area (Å²) in [6.07, 6.45) is 1.74. The van der Waals surface area contributed by atoms with Crippen molar-refractivity contribution in [1.82, 2.24) is 0 Å². The zero-order chi connectivity index (χ0) is 14.2. The molecule has 0 aliphatic heterocycles. The number of ether oxygens (including phenoxy) is 1. The number of halogens is 1. The topological polar surface area (TPSA) is 25.8 Å². The monoisotopic (exact) mass is 288 g/mol. The van der Waals surface area contributed by atoms with Gasteiger partial charge in [-0.25, -0.2) is 0 Å². The first-order valence-corrected chi connectivity index (χ1v) is 7.05. The molecule has 0 spiro atoms.